The Hall–Kier alpha value is -0.130. The van der Waals surface area contributed by atoms with Crippen molar-refractivity contribution in [1.82, 2.24) is 10.2 Å². The first-order valence-corrected chi connectivity index (χ1v) is 8.01. The topological polar surface area (TPSA) is 49.4 Å². The Morgan fingerprint density at radius 1 is 1.31 bits per heavy atom. The molecule has 0 aromatic rings. The predicted molar refractivity (Wildman–Crippen MR) is 67.5 cm³/mol. The number of hydrogen-bond acceptors (Lipinski definition) is 4. The van der Waals surface area contributed by atoms with E-state index in [0.717, 1.165) is 13.1 Å². The quantitative estimate of drug-likeness (QED) is 0.695. The summed E-state index contributed by atoms with van der Waals surface area (Å²) >= 11 is 0. The lowest BCUT2D eigenvalue weighted by Crippen LogP contribution is -2.42. The predicted octanol–water partition coefficient (Wildman–Crippen LogP) is 0.495. The second kappa shape index (κ2) is 5.47. The van der Waals surface area contributed by atoms with Crippen molar-refractivity contribution in [2.24, 2.45) is 0 Å². The first-order chi connectivity index (χ1) is 7.31. The molecule has 1 aliphatic heterocycles. The standard InChI is InChI=1S/C11H24N2O2S/c1-11(2)5-4-8-13(11)9-6-12-7-10-16(3,14)15/h12H,4-10H2,1-3H3. The van der Waals surface area contributed by atoms with Crippen molar-refractivity contribution in [1.29, 1.82) is 0 Å². The lowest BCUT2D eigenvalue weighted by atomic mass is 10.0. The van der Waals surface area contributed by atoms with Gasteiger partial charge in [-0.3, -0.25) is 4.90 Å². The van der Waals surface area contributed by atoms with Gasteiger partial charge in [0.15, 0.2) is 0 Å². The molecular weight excluding hydrogens is 224 g/mol. The van der Waals surface area contributed by atoms with E-state index < -0.39 is 9.84 Å². The van der Waals surface area contributed by atoms with Crippen LogP contribution in [0.2, 0.25) is 0 Å². The van der Waals surface area contributed by atoms with Gasteiger partial charge in [-0.1, -0.05) is 0 Å². The summed E-state index contributed by atoms with van der Waals surface area (Å²) < 4.78 is 21.8. The van der Waals surface area contributed by atoms with Crippen LogP contribution >= 0.6 is 0 Å². The highest BCUT2D eigenvalue weighted by atomic mass is 32.2. The van der Waals surface area contributed by atoms with E-state index in [1.807, 2.05) is 0 Å². The summed E-state index contributed by atoms with van der Waals surface area (Å²) in [6.07, 6.45) is 3.81. The molecule has 1 rings (SSSR count). The van der Waals surface area contributed by atoms with Gasteiger partial charge in [-0.25, -0.2) is 8.42 Å². The molecule has 0 amide bonds. The lowest BCUT2D eigenvalue weighted by molar-refractivity contribution is 0.176. The Balaban J connectivity index is 2.12. The minimum atomic E-state index is -2.82. The average Bonchev–Trinajstić information content (AvgIpc) is 2.43. The van der Waals surface area contributed by atoms with Crippen LogP contribution in [0, 0.1) is 0 Å². The molecule has 0 saturated carbocycles. The fraction of sp³-hybridized carbons (Fsp3) is 1.00. The third kappa shape index (κ3) is 4.80. The molecule has 96 valence electrons. The number of likely N-dealkylation sites (tertiary alicyclic amines) is 1. The molecule has 0 spiro atoms. The normalized spacial score (nSPS) is 21.4. The fourth-order valence-corrected chi connectivity index (χ4v) is 2.69. The monoisotopic (exact) mass is 248 g/mol. The van der Waals surface area contributed by atoms with E-state index in [1.54, 1.807) is 0 Å². The van der Waals surface area contributed by atoms with Crippen LogP contribution in [0.1, 0.15) is 26.7 Å². The summed E-state index contributed by atoms with van der Waals surface area (Å²) in [7, 11) is -2.82. The molecule has 16 heavy (non-hydrogen) atoms. The smallest absolute Gasteiger partial charge is 0.148 e. The first-order valence-electron chi connectivity index (χ1n) is 5.95. The number of nitrogens with one attached hydrogen (secondary N) is 1. The van der Waals surface area contributed by atoms with E-state index >= 15 is 0 Å². The van der Waals surface area contributed by atoms with Crippen molar-refractivity contribution < 1.29 is 8.42 Å². The number of rotatable bonds is 6. The van der Waals surface area contributed by atoms with E-state index in [0.29, 0.717) is 12.1 Å². The molecule has 0 aliphatic carbocycles. The highest BCUT2D eigenvalue weighted by molar-refractivity contribution is 7.90. The number of hydrogen-bond donors (Lipinski definition) is 1. The van der Waals surface area contributed by atoms with Crippen LogP contribution in [0.25, 0.3) is 0 Å². The molecule has 0 unspecified atom stereocenters. The number of sulfone groups is 1. The van der Waals surface area contributed by atoms with E-state index in [2.05, 4.69) is 24.1 Å². The maximum atomic E-state index is 10.9. The van der Waals surface area contributed by atoms with Crippen molar-refractivity contribution >= 4 is 9.84 Å². The minimum Gasteiger partial charge on any atom is -0.314 e. The van der Waals surface area contributed by atoms with Gasteiger partial charge in [0.25, 0.3) is 0 Å². The van der Waals surface area contributed by atoms with Crippen LogP contribution in [0.5, 0.6) is 0 Å². The Labute approximate surface area is 99.3 Å². The van der Waals surface area contributed by atoms with Gasteiger partial charge >= 0.3 is 0 Å². The van der Waals surface area contributed by atoms with Crippen LogP contribution in [0.3, 0.4) is 0 Å². The molecule has 1 heterocycles. The molecule has 5 heteroatoms. The van der Waals surface area contributed by atoms with Crippen molar-refractivity contribution in [2.45, 2.75) is 32.2 Å². The third-order valence-corrected chi connectivity index (χ3v) is 4.23. The summed E-state index contributed by atoms with van der Waals surface area (Å²) in [6, 6.07) is 0. The fourth-order valence-electron chi connectivity index (χ4n) is 2.17. The van der Waals surface area contributed by atoms with E-state index in [1.165, 1.54) is 25.6 Å². The minimum absolute atomic E-state index is 0.233. The van der Waals surface area contributed by atoms with Crippen LogP contribution in [-0.4, -0.2) is 57.0 Å². The van der Waals surface area contributed by atoms with Gasteiger partial charge in [-0.15, -0.1) is 0 Å². The molecule has 1 aliphatic rings. The molecule has 0 aromatic carbocycles. The zero-order chi connectivity index (χ0) is 12.2. The van der Waals surface area contributed by atoms with Crippen molar-refractivity contribution in [3.8, 4) is 0 Å². The summed E-state index contributed by atoms with van der Waals surface area (Å²) in [4.78, 5) is 2.47. The molecule has 0 aromatic heterocycles. The van der Waals surface area contributed by atoms with Gasteiger partial charge in [-0.05, 0) is 33.2 Å². The van der Waals surface area contributed by atoms with Gasteiger partial charge in [-0.2, -0.15) is 0 Å². The zero-order valence-corrected chi connectivity index (χ0v) is 11.4. The summed E-state index contributed by atoms with van der Waals surface area (Å²) in [6.45, 7) is 8.16. The van der Waals surface area contributed by atoms with E-state index in [4.69, 9.17) is 0 Å². The molecule has 4 nitrogen and oxygen atoms in total. The van der Waals surface area contributed by atoms with Gasteiger partial charge in [0.05, 0.1) is 5.75 Å². The van der Waals surface area contributed by atoms with Crippen LogP contribution in [0.15, 0.2) is 0 Å². The first kappa shape index (κ1) is 13.9. The highest BCUT2D eigenvalue weighted by Gasteiger charge is 2.30. The molecular formula is C11H24N2O2S. The molecule has 0 bridgehead atoms. The maximum Gasteiger partial charge on any atom is 0.148 e. The van der Waals surface area contributed by atoms with Gasteiger partial charge in [0.2, 0.25) is 0 Å². The SMILES string of the molecule is CC1(C)CCCN1CCNCCS(C)(=O)=O. The van der Waals surface area contributed by atoms with Crippen LogP contribution in [-0.2, 0) is 9.84 Å². The Bertz CT molecular complexity index is 312. The molecule has 1 N–H and O–H groups in total. The maximum absolute atomic E-state index is 10.9. The van der Waals surface area contributed by atoms with Gasteiger partial charge in [0, 0.05) is 31.4 Å². The van der Waals surface area contributed by atoms with Crippen LogP contribution < -0.4 is 5.32 Å². The summed E-state index contributed by atoms with van der Waals surface area (Å²) in [5.41, 5.74) is 0.318. The van der Waals surface area contributed by atoms with Crippen molar-refractivity contribution in [3.05, 3.63) is 0 Å². The number of nitrogens with zero attached hydrogens (tertiary/aromatic N) is 1. The molecule has 1 fully saturated rings. The third-order valence-electron chi connectivity index (χ3n) is 3.28. The van der Waals surface area contributed by atoms with Crippen molar-refractivity contribution in [2.75, 3.05) is 38.2 Å². The molecule has 0 atom stereocenters. The highest BCUT2D eigenvalue weighted by Crippen LogP contribution is 2.27. The van der Waals surface area contributed by atoms with Crippen LogP contribution in [0.4, 0.5) is 0 Å². The van der Waals surface area contributed by atoms with E-state index in [9.17, 15) is 8.42 Å². The van der Waals surface area contributed by atoms with Crippen molar-refractivity contribution in [3.63, 3.8) is 0 Å². The molecule has 0 radical (unpaired) electrons. The van der Waals surface area contributed by atoms with E-state index in [-0.39, 0.29) is 5.75 Å². The zero-order valence-electron chi connectivity index (χ0n) is 10.6. The average molecular weight is 248 g/mol. The largest absolute Gasteiger partial charge is 0.314 e. The Morgan fingerprint density at radius 3 is 2.50 bits per heavy atom. The Morgan fingerprint density at radius 2 is 2.00 bits per heavy atom. The summed E-state index contributed by atoms with van der Waals surface area (Å²) in [5.74, 6) is 0.233. The van der Waals surface area contributed by atoms with Gasteiger partial charge < -0.3 is 5.32 Å². The summed E-state index contributed by atoms with van der Waals surface area (Å²) in [5, 5.41) is 3.19. The lowest BCUT2D eigenvalue weighted by Gasteiger charge is -2.31. The second-order valence-corrected chi connectivity index (χ2v) is 7.54. The molecule has 1 saturated heterocycles. The second-order valence-electron chi connectivity index (χ2n) is 5.28. The van der Waals surface area contributed by atoms with Gasteiger partial charge in [0.1, 0.15) is 9.84 Å². The Kier molecular flexibility index (Phi) is 4.76.